The summed E-state index contributed by atoms with van der Waals surface area (Å²) in [4.78, 5) is 0.321. The first-order chi connectivity index (χ1) is 12.4. The van der Waals surface area contributed by atoms with Gasteiger partial charge in [-0.1, -0.05) is 18.2 Å². The van der Waals surface area contributed by atoms with E-state index in [1.807, 2.05) is 32.0 Å². The van der Waals surface area contributed by atoms with Crippen molar-refractivity contribution in [1.29, 1.82) is 0 Å². The Labute approximate surface area is 153 Å². The number of hydrogen-bond donors (Lipinski definition) is 1. The summed E-state index contributed by atoms with van der Waals surface area (Å²) in [6, 6.07) is 17.9. The van der Waals surface area contributed by atoms with E-state index < -0.39 is 9.84 Å². The van der Waals surface area contributed by atoms with Crippen molar-refractivity contribution in [1.82, 2.24) is 0 Å². The number of rotatable bonds is 5. The van der Waals surface area contributed by atoms with Crippen molar-refractivity contribution < 1.29 is 18.3 Å². The quantitative estimate of drug-likeness (QED) is 0.724. The minimum absolute atomic E-state index is 0.0270. The largest absolute Gasteiger partial charge is 0.508 e. The summed E-state index contributed by atoms with van der Waals surface area (Å²) in [5.74, 6) is 0.636. The number of hydrogen-bond acceptors (Lipinski definition) is 4. The smallest absolute Gasteiger partial charge is 0.206 e. The Morgan fingerprint density at radius 3 is 1.85 bits per heavy atom. The van der Waals surface area contributed by atoms with Gasteiger partial charge >= 0.3 is 0 Å². The highest BCUT2D eigenvalue weighted by atomic mass is 32.2. The van der Waals surface area contributed by atoms with Gasteiger partial charge < -0.3 is 9.84 Å². The predicted molar refractivity (Wildman–Crippen MR) is 100 cm³/mol. The molecule has 134 valence electrons. The second kappa shape index (κ2) is 7.22. The average Bonchev–Trinajstić information content (AvgIpc) is 2.62. The first kappa shape index (κ1) is 18.0. The Morgan fingerprint density at radius 1 is 0.808 bits per heavy atom. The Hall–Kier alpha value is -2.79. The molecule has 0 atom stereocenters. The van der Waals surface area contributed by atoms with Crippen LogP contribution in [0, 0.1) is 13.8 Å². The lowest BCUT2D eigenvalue weighted by Gasteiger charge is -2.12. The molecule has 5 heteroatoms. The van der Waals surface area contributed by atoms with E-state index in [1.165, 1.54) is 36.4 Å². The summed E-state index contributed by atoms with van der Waals surface area (Å²) in [6.45, 7) is 4.51. The van der Waals surface area contributed by atoms with E-state index in [4.69, 9.17) is 4.74 Å². The van der Waals surface area contributed by atoms with Crippen LogP contribution in [0.5, 0.6) is 11.5 Å². The van der Waals surface area contributed by atoms with Gasteiger partial charge in [0.1, 0.15) is 18.1 Å². The van der Waals surface area contributed by atoms with Crippen molar-refractivity contribution in [2.75, 3.05) is 0 Å². The molecule has 0 amide bonds. The molecule has 0 fully saturated rings. The summed E-state index contributed by atoms with van der Waals surface area (Å²) in [5, 5.41) is 9.31. The van der Waals surface area contributed by atoms with Crippen LogP contribution in [0.2, 0.25) is 0 Å². The maximum absolute atomic E-state index is 12.6. The van der Waals surface area contributed by atoms with Crippen molar-refractivity contribution in [3.63, 3.8) is 0 Å². The highest BCUT2D eigenvalue weighted by Crippen LogP contribution is 2.25. The molecule has 0 unspecified atom stereocenters. The number of benzene rings is 3. The number of ether oxygens (including phenoxy) is 1. The molecule has 0 heterocycles. The molecule has 0 bridgehead atoms. The molecule has 0 spiro atoms. The molecule has 0 aliphatic heterocycles. The minimum atomic E-state index is -3.62. The third-order valence-electron chi connectivity index (χ3n) is 4.31. The van der Waals surface area contributed by atoms with Crippen molar-refractivity contribution in [2.45, 2.75) is 30.2 Å². The van der Waals surface area contributed by atoms with Crippen LogP contribution >= 0.6 is 0 Å². The van der Waals surface area contributed by atoms with E-state index in [0.29, 0.717) is 12.4 Å². The molecule has 0 aromatic heterocycles. The SMILES string of the molecule is Cc1cccc(C)c1COc1ccc(S(=O)(=O)c2ccc(O)cc2)cc1. The van der Waals surface area contributed by atoms with E-state index in [-0.39, 0.29) is 15.5 Å². The third kappa shape index (κ3) is 3.73. The second-order valence-corrected chi connectivity index (χ2v) is 8.08. The van der Waals surface area contributed by atoms with Gasteiger partial charge in [-0.15, -0.1) is 0 Å². The number of phenols is 1. The van der Waals surface area contributed by atoms with E-state index in [1.54, 1.807) is 12.1 Å². The van der Waals surface area contributed by atoms with E-state index in [9.17, 15) is 13.5 Å². The zero-order valence-electron chi connectivity index (χ0n) is 14.6. The fourth-order valence-electron chi connectivity index (χ4n) is 2.71. The molecule has 0 saturated heterocycles. The van der Waals surface area contributed by atoms with Crippen molar-refractivity contribution >= 4 is 9.84 Å². The monoisotopic (exact) mass is 368 g/mol. The molecular formula is C21H20O4S. The molecule has 26 heavy (non-hydrogen) atoms. The Bertz CT molecular complexity index is 985. The number of aryl methyl sites for hydroxylation is 2. The van der Waals surface area contributed by atoms with Crippen LogP contribution in [0.4, 0.5) is 0 Å². The lowest BCUT2D eigenvalue weighted by atomic mass is 10.0. The van der Waals surface area contributed by atoms with Crippen LogP contribution in [0.25, 0.3) is 0 Å². The van der Waals surface area contributed by atoms with Gasteiger partial charge in [0, 0.05) is 0 Å². The zero-order valence-corrected chi connectivity index (χ0v) is 15.5. The maximum Gasteiger partial charge on any atom is 0.206 e. The highest BCUT2D eigenvalue weighted by Gasteiger charge is 2.17. The van der Waals surface area contributed by atoms with Crippen LogP contribution in [0.1, 0.15) is 16.7 Å². The molecule has 0 aliphatic carbocycles. The maximum atomic E-state index is 12.6. The van der Waals surface area contributed by atoms with Crippen LogP contribution in [0.15, 0.2) is 76.5 Å². The first-order valence-corrected chi connectivity index (χ1v) is 9.68. The van der Waals surface area contributed by atoms with Gasteiger partial charge in [-0.3, -0.25) is 0 Å². The van der Waals surface area contributed by atoms with Gasteiger partial charge in [-0.25, -0.2) is 8.42 Å². The van der Waals surface area contributed by atoms with Crippen molar-refractivity contribution in [3.8, 4) is 11.5 Å². The van der Waals surface area contributed by atoms with E-state index in [2.05, 4.69) is 0 Å². The number of phenolic OH excluding ortho intramolecular Hbond substituents is 1. The van der Waals surface area contributed by atoms with Crippen molar-refractivity contribution in [2.24, 2.45) is 0 Å². The standard InChI is InChI=1S/C21H20O4S/c1-15-4-3-5-16(2)21(15)14-25-18-8-12-20(13-9-18)26(23,24)19-10-6-17(22)7-11-19/h3-13,22H,14H2,1-2H3. The summed E-state index contributed by atoms with van der Waals surface area (Å²) in [7, 11) is -3.62. The molecule has 4 nitrogen and oxygen atoms in total. The van der Waals surface area contributed by atoms with Gasteiger partial charge in [0.2, 0.25) is 9.84 Å². The summed E-state index contributed by atoms with van der Waals surface area (Å²) >= 11 is 0. The number of sulfone groups is 1. The molecule has 0 saturated carbocycles. The predicted octanol–water partition coefficient (Wildman–Crippen LogP) is 4.42. The van der Waals surface area contributed by atoms with E-state index >= 15 is 0 Å². The summed E-state index contributed by atoms with van der Waals surface area (Å²) in [5.41, 5.74) is 3.46. The van der Waals surface area contributed by atoms with Crippen LogP contribution in [-0.2, 0) is 16.4 Å². The normalized spacial score (nSPS) is 11.3. The third-order valence-corrected chi connectivity index (χ3v) is 6.09. The van der Waals surface area contributed by atoms with Crippen LogP contribution in [0.3, 0.4) is 0 Å². The zero-order chi connectivity index (χ0) is 18.7. The van der Waals surface area contributed by atoms with Gasteiger partial charge in [0.15, 0.2) is 0 Å². The molecule has 1 N–H and O–H groups in total. The first-order valence-electron chi connectivity index (χ1n) is 8.20. The summed E-state index contributed by atoms with van der Waals surface area (Å²) in [6.07, 6.45) is 0. The minimum Gasteiger partial charge on any atom is -0.508 e. The van der Waals surface area contributed by atoms with Gasteiger partial charge in [0.05, 0.1) is 9.79 Å². The summed E-state index contributed by atoms with van der Waals surface area (Å²) < 4.78 is 31.0. The molecule has 0 radical (unpaired) electrons. The highest BCUT2D eigenvalue weighted by molar-refractivity contribution is 7.91. The van der Waals surface area contributed by atoms with Crippen LogP contribution < -0.4 is 4.74 Å². The fourth-order valence-corrected chi connectivity index (χ4v) is 3.97. The molecule has 3 aromatic rings. The van der Waals surface area contributed by atoms with E-state index in [0.717, 1.165) is 16.7 Å². The Morgan fingerprint density at radius 2 is 1.31 bits per heavy atom. The number of aromatic hydroxyl groups is 1. The Balaban J connectivity index is 1.77. The van der Waals surface area contributed by atoms with Gasteiger partial charge in [-0.2, -0.15) is 0 Å². The Kier molecular flexibility index (Phi) is 5.00. The topological polar surface area (TPSA) is 63.6 Å². The van der Waals surface area contributed by atoms with Gasteiger partial charge in [0.25, 0.3) is 0 Å². The molecule has 3 rings (SSSR count). The fraction of sp³-hybridized carbons (Fsp3) is 0.143. The molecule has 0 aliphatic rings. The molecular weight excluding hydrogens is 348 g/mol. The lowest BCUT2D eigenvalue weighted by molar-refractivity contribution is 0.304. The second-order valence-electron chi connectivity index (χ2n) is 6.13. The van der Waals surface area contributed by atoms with Crippen LogP contribution in [-0.4, -0.2) is 13.5 Å². The average molecular weight is 368 g/mol. The lowest BCUT2D eigenvalue weighted by Crippen LogP contribution is -2.03. The van der Waals surface area contributed by atoms with Gasteiger partial charge in [-0.05, 0) is 79.1 Å². The molecule has 3 aromatic carbocycles. The van der Waals surface area contributed by atoms with Crippen molar-refractivity contribution in [3.05, 3.63) is 83.4 Å².